The monoisotopic (exact) mass is 776 g/mol. The number of likely N-dealkylation sites (tertiary alicyclic amines) is 1. The lowest BCUT2D eigenvalue weighted by atomic mass is 10.0. The number of carbonyl (C=O) groups excluding carboxylic acids is 3. The van der Waals surface area contributed by atoms with Gasteiger partial charge in [0.25, 0.3) is 5.91 Å². The molecule has 3 aliphatic rings. The average Bonchev–Trinajstić information content (AvgIpc) is 4.07. The van der Waals surface area contributed by atoms with Gasteiger partial charge in [-0.15, -0.1) is 6.58 Å². The summed E-state index contributed by atoms with van der Waals surface area (Å²) in [5.74, 6) is -1.75. The Balaban J connectivity index is 1.36. The molecule has 2 heterocycles. The van der Waals surface area contributed by atoms with E-state index in [2.05, 4.69) is 21.9 Å². The second kappa shape index (κ2) is 15.1. The summed E-state index contributed by atoms with van der Waals surface area (Å²) in [6.07, 6.45) is 0.367. The van der Waals surface area contributed by atoms with Crippen LogP contribution in [0.3, 0.4) is 0 Å². The Morgan fingerprint density at radius 1 is 1.13 bits per heavy atom. The van der Waals surface area contributed by atoms with Crippen LogP contribution in [0, 0.1) is 5.92 Å². The van der Waals surface area contributed by atoms with Gasteiger partial charge in [0.15, 0.2) is 0 Å². The van der Waals surface area contributed by atoms with Crippen LogP contribution < -0.4 is 24.8 Å². The molecular formula is C39H48N6O9S. The van der Waals surface area contributed by atoms with E-state index in [1.807, 2.05) is 36.4 Å². The summed E-state index contributed by atoms with van der Waals surface area (Å²) in [5, 5.41) is 16.0. The highest BCUT2D eigenvalue weighted by Gasteiger charge is 2.62. The van der Waals surface area contributed by atoms with Crippen LogP contribution in [0.5, 0.6) is 11.5 Å². The van der Waals surface area contributed by atoms with Crippen LogP contribution >= 0.6 is 0 Å². The van der Waals surface area contributed by atoms with Gasteiger partial charge in [-0.3, -0.25) is 24.0 Å². The number of benzene rings is 2. The largest absolute Gasteiger partial charge is 0.497 e. The Morgan fingerprint density at radius 2 is 1.84 bits per heavy atom. The molecule has 0 unspecified atom stereocenters. The zero-order chi connectivity index (χ0) is 39.9. The van der Waals surface area contributed by atoms with Gasteiger partial charge in [-0.2, -0.15) is 0 Å². The van der Waals surface area contributed by atoms with Crippen molar-refractivity contribution >= 4 is 44.7 Å². The van der Waals surface area contributed by atoms with E-state index >= 15 is 0 Å². The number of aromatic nitrogens is 1. The molecule has 3 fully saturated rings. The third kappa shape index (κ3) is 8.10. The number of hydrogen-bond acceptors (Lipinski definition) is 10. The quantitative estimate of drug-likeness (QED) is 0.176. The van der Waals surface area contributed by atoms with Crippen LogP contribution in [0.1, 0.15) is 46.5 Å². The number of fused-ring (bicyclic) bond motifs is 1. The predicted molar refractivity (Wildman–Crippen MR) is 205 cm³/mol. The van der Waals surface area contributed by atoms with Gasteiger partial charge >= 0.3 is 6.09 Å². The maximum atomic E-state index is 14.6. The first-order chi connectivity index (χ1) is 26.0. The number of likely N-dealkylation sites (N-methyl/N-ethyl adjacent to an activating group) is 1. The molecule has 294 valence electrons. The maximum Gasteiger partial charge on any atom is 0.408 e. The van der Waals surface area contributed by atoms with Crippen molar-refractivity contribution in [2.45, 2.75) is 81.0 Å². The molecule has 4 N–H and O–H groups in total. The molecule has 2 aliphatic carbocycles. The van der Waals surface area contributed by atoms with Crippen molar-refractivity contribution in [3.63, 3.8) is 0 Å². The summed E-state index contributed by atoms with van der Waals surface area (Å²) >= 11 is 0. The van der Waals surface area contributed by atoms with E-state index < -0.39 is 74.3 Å². The zero-order valence-electron chi connectivity index (χ0n) is 31.6. The number of nitrogens with zero attached hydrogens (tertiary/aromatic N) is 3. The van der Waals surface area contributed by atoms with E-state index in [4.69, 9.17) is 14.5 Å². The van der Waals surface area contributed by atoms with Crippen molar-refractivity contribution in [3.05, 3.63) is 67.3 Å². The fourth-order valence-electron chi connectivity index (χ4n) is 7.29. The number of rotatable bonds is 14. The van der Waals surface area contributed by atoms with Gasteiger partial charge in [0.05, 0.1) is 30.1 Å². The lowest BCUT2D eigenvalue weighted by molar-refractivity contribution is -0.144. The van der Waals surface area contributed by atoms with Crippen LogP contribution in [-0.2, 0) is 24.4 Å². The molecule has 6 rings (SSSR count). The van der Waals surface area contributed by atoms with Gasteiger partial charge in [-0.05, 0) is 59.2 Å². The van der Waals surface area contributed by atoms with Crippen LogP contribution in [0.25, 0.3) is 22.2 Å². The minimum Gasteiger partial charge on any atom is -0.497 e. The van der Waals surface area contributed by atoms with E-state index in [1.54, 1.807) is 53.1 Å². The summed E-state index contributed by atoms with van der Waals surface area (Å²) in [6, 6.07) is 14.2. The Hall–Kier alpha value is -5.22. The highest BCUT2D eigenvalue weighted by atomic mass is 32.2. The number of pyridine rings is 1. The van der Waals surface area contributed by atoms with E-state index in [0.29, 0.717) is 40.9 Å². The second-order valence-corrected chi connectivity index (χ2v) is 17.3. The van der Waals surface area contributed by atoms with Crippen molar-refractivity contribution in [3.8, 4) is 22.8 Å². The van der Waals surface area contributed by atoms with Gasteiger partial charge in [0, 0.05) is 47.5 Å². The smallest absolute Gasteiger partial charge is 0.408 e. The van der Waals surface area contributed by atoms with Gasteiger partial charge < -0.3 is 30.1 Å². The number of carbonyl (C=O) groups is 4. The number of ether oxygens (including phenoxy) is 2. The number of hydrogen-bond donors (Lipinski definition) is 4. The van der Waals surface area contributed by atoms with E-state index in [9.17, 15) is 32.7 Å². The molecule has 2 aromatic carbocycles. The number of methoxy groups -OCH3 is 1. The number of sulfonamides is 1. The molecule has 0 bridgehead atoms. The first-order valence-corrected chi connectivity index (χ1v) is 19.8. The fourth-order valence-corrected chi connectivity index (χ4v) is 8.66. The molecule has 1 aliphatic heterocycles. The summed E-state index contributed by atoms with van der Waals surface area (Å²) in [7, 11) is -0.779. The molecule has 0 radical (unpaired) electrons. The fraction of sp³-hybridized carbons (Fsp3) is 0.462. The van der Waals surface area contributed by atoms with Gasteiger partial charge in [0.1, 0.15) is 35.2 Å². The first kappa shape index (κ1) is 39.5. The normalized spacial score (nSPS) is 22.7. The topological polar surface area (TPSA) is 197 Å². The van der Waals surface area contributed by atoms with Gasteiger partial charge in [-0.1, -0.05) is 36.4 Å². The summed E-state index contributed by atoms with van der Waals surface area (Å²) in [5.41, 5.74) is -0.557. The molecule has 1 aromatic heterocycles. The van der Waals surface area contributed by atoms with Crippen LogP contribution in [0.2, 0.25) is 0 Å². The van der Waals surface area contributed by atoms with E-state index in [0.717, 1.165) is 10.5 Å². The van der Waals surface area contributed by atoms with Crippen LogP contribution in [0.4, 0.5) is 4.79 Å². The summed E-state index contributed by atoms with van der Waals surface area (Å²) in [4.78, 5) is 62.4. The molecular weight excluding hydrogens is 729 g/mol. The third-order valence-corrected chi connectivity index (χ3v) is 12.2. The molecule has 1 saturated heterocycles. The van der Waals surface area contributed by atoms with Crippen molar-refractivity contribution in [2.75, 3.05) is 27.2 Å². The van der Waals surface area contributed by atoms with Crippen molar-refractivity contribution in [1.82, 2.24) is 30.1 Å². The SMILES string of the molecule is C=C[C@@H]1C[C@]1(NC(=O)[C@@H]1C[C@@H](Oc2cc(-c3ccccc3)nc3cc(OC)ccc23)CN1C(=O)[C@H](CNC)N(C(=O)O)C(C)(C)C)C(=O)NS(=O)(=O)C1CC1. The molecule has 2 saturated carbocycles. The lowest BCUT2D eigenvalue weighted by Gasteiger charge is -2.40. The molecule has 4 amide bonds. The number of carboxylic acid groups (broad SMARTS) is 1. The molecule has 3 aromatic rings. The second-order valence-electron chi connectivity index (χ2n) is 15.3. The molecule has 5 atom stereocenters. The highest BCUT2D eigenvalue weighted by Crippen LogP contribution is 2.46. The molecule has 55 heavy (non-hydrogen) atoms. The van der Waals surface area contributed by atoms with Crippen molar-refractivity contribution < 1.29 is 42.2 Å². The molecule has 15 nitrogen and oxygen atoms in total. The van der Waals surface area contributed by atoms with Crippen LogP contribution in [0.15, 0.2) is 67.3 Å². The third-order valence-electron chi connectivity index (χ3n) is 10.4. The lowest BCUT2D eigenvalue weighted by Crippen LogP contribution is -2.62. The maximum absolute atomic E-state index is 14.6. The first-order valence-electron chi connectivity index (χ1n) is 18.2. The summed E-state index contributed by atoms with van der Waals surface area (Å²) < 4.78 is 39.7. The Morgan fingerprint density at radius 3 is 2.42 bits per heavy atom. The van der Waals surface area contributed by atoms with Crippen molar-refractivity contribution in [2.24, 2.45) is 5.92 Å². The molecule has 0 spiro atoms. The van der Waals surface area contributed by atoms with E-state index in [-0.39, 0.29) is 25.9 Å². The Labute approximate surface area is 320 Å². The average molecular weight is 777 g/mol. The number of amides is 4. The minimum absolute atomic E-state index is 0.0239. The summed E-state index contributed by atoms with van der Waals surface area (Å²) in [6.45, 7) is 8.63. The minimum atomic E-state index is -3.93. The van der Waals surface area contributed by atoms with Gasteiger partial charge in [-0.25, -0.2) is 18.2 Å². The van der Waals surface area contributed by atoms with E-state index in [1.165, 1.54) is 11.0 Å². The predicted octanol–water partition coefficient (Wildman–Crippen LogP) is 3.29. The van der Waals surface area contributed by atoms with Gasteiger partial charge in [0.2, 0.25) is 21.8 Å². The zero-order valence-corrected chi connectivity index (χ0v) is 32.4. The highest BCUT2D eigenvalue weighted by molar-refractivity contribution is 7.91. The number of nitrogens with one attached hydrogen (secondary N) is 3. The molecule has 16 heteroatoms. The van der Waals surface area contributed by atoms with Crippen LogP contribution in [-0.4, -0.2) is 114 Å². The van der Waals surface area contributed by atoms with Crippen molar-refractivity contribution in [1.29, 1.82) is 0 Å². The standard InChI is InChI=1S/C39H48N6O9S/c1-7-24-20-39(24,36(48)43-55(51,52)27-14-15-27)42-34(46)31-18-26(22-44(31)35(47)32(21-40-5)45(37(49)50)38(2,3)4)54-33-19-29(23-11-9-8-10-12-23)41-30-17-25(53-6)13-16-28(30)33/h7-13,16-17,19,24,26-27,31-32,40H,1,14-15,18,20-22H2,2-6H3,(H,42,46)(H,43,48)(H,49,50)/t24-,26-,31+,32+,39-/m1/s1. The Kier molecular flexibility index (Phi) is 10.9. The Bertz CT molecular complexity index is 2100.